The molecule has 1 atom stereocenters. The number of benzene rings is 2. The lowest BCUT2D eigenvalue weighted by atomic mass is 9.94. The summed E-state index contributed by atoms with van der Waals surface area (Å²) in [5.41, 5.74) is 3.10. The Morgan fingerprint density at radius 3 is 2.62 bits per heavy atom. The number of hydrogen-bond acceptors (Lipinski definition) is 6. The first kappa shape index (κ1) is 18.8. The van der Waals surface area contributed by atoms with Gasteiger partial charge in [-0.25, -0.2) is 9.67 Å². The normalized spacial score (nSPS) is 16.2. The number of nitro benzene ring substituents is 1. The lowest BCUT2D eigenvalue weighted by Crippen LogP contribution is -2.49. The summed E-state index contributed by atoms with van der Waals surface area (Å²) in [7, 11) is 1.64. The molecule has 1 aliphatic heterocycles. The number of likely N-dealkylation sites (N-methyl/N-ethyl adjacent to an activating group) is 1. The van der Waals surface area contributed by atoms with Gasteiger partial charge in [-0.3, -0.25) is 19.8 Å². The summed E-state index contributed by atoms with van der Waals surface area (Å²) in [6.07, 6.45) is 2.25. The van der Waals surface area contributed by atoms with Gasteiger partial charge in [0.05, 0.1) is 17.6 Å². The van der Waals surface area contributed by atoms with Crippen molar-refractivity contribution in [3.8, 4) is 11.4 Å². The lowest BCUT2D eigenvalue weighted by Gasteiger charge is -2.35. The number of aromatic nitrogens is 3. The minimum absolute atomic E-state index is 0.0218. The van der Waals surface area contributed by atoms with Gasteiger partial charge in [0, 0.05) is 31.3 Å². The van der Waals surface area contributed by atoms with E-state index in [2.05, 4.69) is 32.4 Å². The minimum atomic E-state index is -0.442. The largest absolute Gasteiger partial charge is 0.358 e. The van der Waals surface area contributed by atoms with E-state index in [0.29, 0.717) is 31.0 Å². The predicted molar refractivity (Wildman–Crippen MR) is 106 cm³/mol. The van der Waals surface area contributed by atoms with E-state index in [1.54, 1.807) is 30.2 Å². The first-order valence-electron chi connectivity index (χ1n) is 9.22. The number of hydrogen-bond donors (Lipinski definition) is 1. The van der Waals surface area contributed by atoms with Crippen molar-refractivity contribution < 1.29 is 9.72 Å². The van der Waals surface area contributed by atoms with Crippen LogP contribution in [0.5, 0.6) is 0 Å². The molecule has 148 valence electrons. The van der Waals surface area contributed by atoms with E-state index in [1.165, 1.54) is 23.3 Å². The number of nitrogens with one attached hydrogen (secondary N) is 1. The molecule has 0 saturated heterocycles. The van der Waals surface area contributed by atoms with Crippen LogP contribution in [0.1, 0.15) is 11.1 Å². The molecule has 9 nitrogen and oxygen atoms in total. The van der Waals surface area contributed by atoms with Crippen LogP contribution in [-0.2, 0) is 24.4 Å². The van der Waals surface area contributed by atoms with Crippen LogP contribution >= 0.6 is 0 Å². The van der Waals surface area contributed by atoms with Crippen LogP contribution in [0.4, 0.5) is 5.69 Å². The number of rotatable bonds is 5. The zero-order chi connectivity index (χ0) is 20.4. The summed E-state index contributed by atoms with van der Waals surface area (Å²) in [4.78, 5) is 29.2. The van der Waals surface area contributed by atoms with Crippen molar-refractivity contribution in [2.24, 2.45) is 0 Å². The highest BCUT2D eigenvalue weighted by atomic mass is 16.6. The second-order valence-corrected chi connectivity index (χ2v) is 6.90. The van der Waals surface area contributed by atoms with Crippen LogP contribution in [0.25, 0.3) is 11.4 Å². The smallest absolute Gasteiger partial charge is 0.269 e. The van der Waals surface area contributed by atoms with E-state index < -0.39 is 4.92 Å². The molecule has 0 spiro atoms. The summed E-state index contributed by atoms with van der Waals surface area (Å²) in [5, 5.41) is 18.0. The van der Waals surface area contributed by atoms with Crippen molar-refractivity contribution in [2.45, 2.75) is 25.7 Å². The molecule has 1 aliphatic rings. The molecule has 1 aromatic heterocycles. The fourth-order valence-electron chi connectivity index (χ4n) is 3.56. The van der Waals surface area contributed by atoms with Gasteiger partial charge < -0.3 is 5.32 Å². The van der Waals surface area contributed by atoms with Gasteiger partial charge in [0.25, 0.3) is 5.69 Å². The molecule has 0 unspecified atom stereocenters. The number of non-ortho nitro benzene ring substituents is 1. The molecule has 0 bridgehead atoms. The Morgan fingerprint density at radius 1 is 1.21 bits per heavy atom. The van der Waals surface area contributed by atoms with Crippen molar-refractivity contribution in [1.29, 1.82) is 0 Å². The monoisotopic (exact) mass is 392 g/mol. The number of carbonyl (C=O) groups excluding carboxylic acids is 1. The molecule has 0 radical (unpaired) electrons. The second kappa shape index (κ2) is 7.80. The number of nitro groups is 1. The molecule has 2 aromatic carbocycles. The van der Waals surface area contributed by atoms with Crippen molar-refractivity contribution >= 4 is 11.6 Å². The number of amides is 1. The summed E-state index contributed by atoms with van der Waals surface area (Å²) in [6, 6.07) is 13.9. The highest BCUT2D eigenvalue weighted by Gasteiger charge is 2.31. The molecule has 1 N–H and O–H groups in total. The molecule has 2 heterocycles. The molecule has 29 heavy (non-hydrogen) atoms. The zero-order valence-corrected chi connectivity index (χ0v) is 15.9. The first-order valence-corrected chi connectivity index (χ1v) is 9.22. The number of fused-ring (bicyclic) bond motifs is 1. The number of nitrogens with zero attached hydrogens (tertiary/aromatic N) is 5. The maximum absolute atomic E-state index is 12.4. The van der Waals surface area contributed by atoms with E-state index in [9.17, 15) is 14.9 Å². The zero-order valence-electron chi connectivity index (χ0n) is 15.9. The maximum atomic E-state index is 12.4. The van der Waals surface area contributed by atoms with Gasteiger partial charge >= 0.3 is 0 Å². The van der Waals surface area contributed by atoms with Crippen molar-refractivity contribution in [2.75, 3.05) is 7.05 Å². The Morgan fingerprint density at radius 2 is 1.93 bits per heavy atom. The topological polar surface area (TPSA) is 106 Å². The third-order valence-electron chi connectivity index (χ3n) is 5.09. The first-order chi connectivity index (χ1) is 14.0. The Kier molecular flexibility index (Phi) is 5.05. The predicted octanol–water partition coefficient (Wildman–Crippen LogP) is 1.98. The van der Waals surface area contributed by atoms with Crippen LogP contribution < -0.4 is 5.32 Å². The lowest BCUT2D eigenvalue weighted by molar-refractivity contribution is -0.384. The molecule has 1 amide bonds. The fourth-order valence-corrected chi connectivity index (χ4v) is 3.56. The van der Waals surface area contributed by atoms with Gasteiger partial charge in [0.15, 0.2) is 5.82 Å². The highest BCUT2D eigenvalue weighted by molar-refractivity contribution is 5.82. The Balaban J connectivity index is 1.55. The molecule has 0 fully saturated rings. The van der Waals surface area contributed by atoms with Gasteiger partial charge in [-0.2, -0.15) is 0 Å². The van der Waals surface area contributed by atoms with Crippen LogP contribution in [0.2, 0.25) is 0 Å². The Bertz CT molecular complexity index is 1050. The molecular formula is C20H20N6O3. The highest BCUT2D eigenvalue weighted by Crippen LogP contribution is 2.24. The molecule has 3 aromatic rings. The van der Waals surface area contributed by atoms with Crippen LogP contribution in [-0.4, -0.2) is 43.6 Å². The average Bonchev–Trinajstić information content (AvgIpc) is 3.21. The van der Waals surface area contributed by atoms with E-state index >= 15 is 0 Å². The van der Waals surface area contributed by atoms with Gasteiger partial charge in [0.1, 0.15) is 6.33 Å². The Labute approximate surface area is 167 Å². The third-order valence-corrected chi connectivity index (χ3v) is 5.09. The van der Waals surface area contributed by atoms with E-state index in [-0.39, 0.29) is 17.6 Å². The Hall–Kier alpha value is -3.59. The van der Waals surface area contributed by atoms with Gasteiger partial charge in [-0.1, -0.05) is 24.3 Å². The third kappa shape index (κ3) is 3.85. The average molecular weight is 392 g/mol. The minimum Gasteiger partial charge on any atom is -0.358 e. The van der Waals surface area contributed by atoms with Gasteiger partial charge in [-0.15, -0.1) is 5.10 Å². The molecule has 4 rings (SSSR count). The SMILES string of the molecule is CNC(=O)[C@@H]1Cc2ccccc2CN1Cn1cnc(-c2ccc([N+](=O)[O-])cc2)n1. The van der Waals surface area contributed by atoms with Crippen molar-refractivity contribution in [3.63, 3.8) is 0 Å². The molecule has 0 saturated carbocycles. The van der Waals surface area contributed by atoms with E-state index in [0.717, 1.165) is 0 Å². The molecule has 9 heteroatoms. The second-order valence-electron chi connectivity index (χ2n) is 6.90. The van der Waals surface area contributed by atoms with Crippen LogP contribution in [0.3, 0.4) is 0 Å². The van der Waals surface area contributed by atoms with Crippen LogP contribution in [0.15, 0.2) is 54.9 Å². The maximum Gasteiger partial charge on any atom is 0.269 e. The summed E-state index contributed by atoms with van der Waals surface area (Å²) in [6.45, 7) is 1.05. The van der Waals surface area contributed by atoms with Crippen molar-refractivity contribution in [3.05, 3.63) is 76.1 Å². The van der Waals surface area contributed by atoms with E-state index in [4.69, 9.17) is 0 Å². The fraction of sp³-hybridized carbons (Fsp3) is 0.250. The summed E-state index contributed by atoms with van der Waals surface area (Å²) < 4.78 is 1.68. The summed E-state index contributed by atoms with van der Waals surface area (Å²) in [5.74, 6) is 0.448. The quantitative estimate of drug-likeness (QED) is 0.526. The van der Waals surface area contributed by atoms with Crippen molar-refractivity contribution in [1.82, 2.24) is 25.0 Å². The number of carbonyl (C=O) groups is 1. The standard InChI is InChI=1S/C20H20N6O3/c1-21-20(27)18-10-15-4-2-3-5-16(15)11-24(18)13-25-12-22-19(23-25)14-6-8-17(9-7-14)26(28)29/h2-9,12,18H,10-11,13H2,1H3,(H,21,27)/t18-/m0/s1. The molecule has 0 aliphatic carbocycles. The van der Waals surface area contributed by atoms with Gasteiger partial charge in [0.2, 0.25) is 5.91 Å². The molecular weight excluding hydrogens is 372 g/mol. The van der Waals surface area contributed by atoms with E-state index in [1.807, 2.05) is 12.1 Å². The van der Waals surface area contributed by atoms with Gasteiger partial charge in [-0.05, 0) is 29.7 Å². The summed E-state index contributed by atoms with van der Waals surface area (Å²) >= 11 is 0. The van der Waals surface area contributed by atoms with Crippen LogP contribution in [0, 0.1) is 10.1 Å².